The lowest BCUT2D eigenvalue weighted by Crippen LogP contribution is -2.09. The van der Waals surface area contributed by atoms with Crippen molar-refractivity contribution >= 4 is 12.6 Å². The Morgan fingerprint density at radius 1 is 1.50 bits per heavy atom. The van der Waals surface area contributed by atoms with Gasteiger partial charge in [-0.3, -0.25) is 0 Å². The Hall–Kier alpha value is -0.730. The molecule has 0 saturated heterocycles. The number of nitrogens with two attached hydrogens (primary N) is 1. The normalized spacial score (nSPS) is 12.5. The highest BCUT2D eigenvalue weighted by Gasteiger charge is 2.05. The summed E-state index contributed by atoms with van der Waals surface area (Å²) < 4.78 is 0. The summed E-state index contributed by atoms with van der Waals surface area (Å²) in [5.74, 6) is 0. The summed E-state index contributed by atoms with van der Waals surface area (Å²) in [6.07, 6.45) is 2.61. The minimum absolute atomic E-state index is 0.0243. The van der Waals surface area contributed by atoms with Gasteiger partial charge < -0.3 is 5.73 Å². The Kier molecular flexibility index (Phi) is 3.38. The average molecular weight is 179 g/mol. The van der Waals surface area contributed by atoms with Crippen LogP contribution in [0.25, 0.3) is 0 Å². The van der Waals surface area contributed by atoms with E-state index in [9.17, 15) is 0 Å². The molecule has 0 unspecified atom stereocenters. The Morgan fingerprint density at radius 3 is 2.75 bits per heavy atom. The van der Waals surface area contributed by atoms with Gasteiger partial charge in [-0.2, -0.15) is 0 Å². The van der Waals surface area contributed by atoms with E-state index in [1.807, 2.05) is 30.3 Å². The number of thiol groups is 1. The smallest absolute Gasteiger partial charge is 0.0340 e. The lowest BCUT2D eigenvalue weighted by Gasteiger charge is -2.11. The van der Waals surface area contributed by atoms with Crippen LogP contribution in [0.15, 0.2) is 41.8 Å². The molecule has 0 heterocycles. The van der Waals surface area contributed by atoms with Gasteiger partial charge in [-0.25, -0.2) is 0 Å². The van der Waals surface area contributed by atoms with Crippen LogP contribution in [-0.4, -0.2) is 0 Å². The zero-order valence-corrected chi connectivity index (χ0v) is 7.80. The molecule has 1 aromatic carbocycles. The lowest BCUT2D eigenvalue weighted by molar-refractivity contribution is 0.727. The summed E-state index contributed by atoms with van der Waals surface area (Å²) in [5, 5.41) is 0. The van der Waals surface area contributed by atoms with Crippen LogP contribution in [0.2, 0.25) is 0 Å². The highest BCUT2D eigenvalue weighted by atomic mass is 32.1. The standard InChI is InChI=1S/C10H13NS/c1-2-5-9(11)8-6-3-4-7-10(8)12/h2-4,6-7,9,12H,1,5,11H2/t9-/m1/s1. The maximum Gasteiger partial charge on any atom is 0.0340 e. The highest BCUT2D eigenvalue weighted by molar-refractivity contribution is 7.80. The Balaban J connectivity index is 2.86. The topological polar surface area (TPSA) is 26.0 Å². The number of benzene rings is 1. The van der Waals surface area contributed by atoms with E-state index in [1.54, 1.807) is 0 Å². The first-order chi connectivity index (χ1) is 5.75. The monoisotopic (exact) mass is 179 g/mol. The zero-order valence-electron chi connectivity index (χ0n) is 6.90. The van der Waals surface area contributed by atoms with E-state index in [4.69, 9.17) is 5.73 Å². The Morgan fingerprint density at radius 2 is 2.17 bits per heavy atom. The van der Waals surface area contributed by atoms with Gasteiger partial charge in [0.1, 0.15) is 0 Å². The summed E-state index contributed by atoms with van der Waals surface area (Å²) in [4.78, 5) is 0.951. The van der Waals surface area contributed by atoms with E-state index in [-0.39, 0.29) is 6.04 Å². The van der Waals surface area contributed by atoms with Crippen LogP contribution in [0.1, 0.15) is 18.0 Å². The largest absolute Gasteiger partial charge is 0.324 e. The third-order valence-corrected chi connectivity index (χ3v) is 2.16. The summed E-state index contributed by atoms with van der Waals surface area (Å²) in [7, 11) is 0. The molecule has 0 aromatic heterocycles. The second-order valence-electron chi connectivity index (χ2n) is 2.69. The first-order valence-corrected chi connectivity index (χ1v) is 4.34. The van der Waals surface area contributed by atoms with Gasteiger partial charge in [0.25, 0.3) is 0 Å². The molecule has 12 heavy (non-hydrogen) atoms. The quantitative estimate of drug-likeness (QED) is 0.541. The Labute approximate surface area is 78.7 Å². The van der Waals surface area contributed by atoms with Gasteiger partial charge in [0.05, 0.1) is 0 Å². The predicted molar refractivity (Wildman–Crippen MR) is 55.4 cm³/mol. The van der Waals surface area contributed by atoms with Gasteiger partial charge >= 0.3 is 0 Å². The van der Waals surface area contributed by atoms with Crippen molar-refractivity contribution < 1.29 is 0 Å². The van der Waals surface area contributed by atoms with E-state index >= 15 is 0 Å². The van der Waals surface area contributed by atoms with Crippen molar-refractivity contribution in [3.63, 3.8) is 0 Å². The van der Waals surface area contributed by atoms with Crippen molar-refractivity contribution in [2.75, 3.05) is 0 Å². The van der Waals surface area contributed by atoms with Crippen LogP contribution in [0.5, 0.6) is 0 Å². The first kappa shape index (κ1) is 9.36. The molecule has 64 valence electrons. The molecular formula is C10H13NS. The third-order valence-electron chi connectivity index (χ3n) is 1.76. The van der Waals surface area contributed by atoms with Crippen molar-refractivity contribution in [3.05, 3.63) is 42.5 Å². The third kappa shape index (κ3) is 2.13. The molecular weight excluding hydrogens is 166 g/mol. The molecule has 0 fully saturated rings. The molecule has 1 rings (SSSR count). The SMILES string of the molecule is C=CC[C@@H](N)c1ccccc1S. The van der Waals surface area contributed by atoms with Crippen LogP contribution in [0.3, 0.4) is 0 Å². The molecule has 2 N–H and O–H groups in total. The molecule has 0 saturated carbocycles. The van der Waals surface area contributed by atoms with E-state index < -0.39 is 0 Å². The molecule has 1 nitrogen and oxygen atoms in total. The van der Waals surface area contributed by atoms with Crippen molar-refractivity contribution in [2.24, 2.45) is 5.73 Å². The van der Waals surface area contributed by atoms with Crippen LogP contribution >= 0.6 is 12.6 Å². The average Bonchev–Trinajstić information content (AvgIpc) is 2.05. The molecule has 0 bridgehead atoms. The number of hydrogen-bond donors (Lipinski definition) is 2. The van der Waals surface area contributed by atoms with Gasteiger partial charge in [-0.1, -0.05) is 24.3 Å². The van der Waals surface area contributed by atoms with Crippen molar-refractivity contribution in [1.29, 1.82) is 0 Å². The second-order valence-corrected chi connectivity index (χ2v) is 3.17. The highest BCUT2D eigenvalue weighted by Crippen LogP contribution is 2.21. The summed E-state index contributed by atoms with van der Waals surface area (Å²) in [6, 6.07) is 7.89. The van der Waals surface area contributed by atoms with Gasteiger partial charge in [0.15, 0.2) is 0 Å². The van der Waals surface area contributed by atoms with E-state index in [0.29, 0.717) is 0 Å². The van der Waals surface area contributed by atoms with E-state index in [1.165, 1.54) is 0 Å². The minimum Gasteiger partial charge on any atom is -0.324 e. The van der Waals surface area contributed by atoms with Crippen molar-refractivity contribution in [2.45, 2.75) is 17.4 Å². The lowest BCUT2D eigenvalue weighted by atomic mass is 10.1. The first-order valence-electron chi connectivity index (χ1n) is 3.90. The fraction of sp³-hybridized carbons (Fsp3) is 0.200. The molecule has 0 aliphatic rings. The summed E-state index contributed by atoms with van der Waals surface area (Å²) >= 11 is 4.32. The van der Waals surface area contributed by atoms with Gasteiger partial charge in [0.2, 0.25) is 0 Å². The van der Waals surface area contributed by atoms with Crippen LogP contribution in [0, 0.1) is 0 Å². The minimum atomic E-state index is 0.0243. The summed E-state index contributed by atoms with van der Waals surface area (Å²) in [6.45, 7) is 3.65. The number of hydrogen-bond acceptors (Lipinski definition) is 2. The summed E-state index contributed by atoms with van der Waals surface area (Å²) in [5.41, 5.74) is 6.97. The maximum atomic E-state index is 5.89. The van der Waals surface area contributed by atoms with Gasteiger partial charge in [-0.05, 0) is 18.1 Å². The molecule has 1 aromatic rings. The molecule has 0 spiro atoms. The molecule has 0 aliphatic heterocycles. The second kappa shape index (κ2) is 4.33. The van der Waals surface area contributed by atoms with Crippen molar-refractivity contribution in [1.82, 2.24) is 0 Å². The van der Waals surface area contributed by atoms with Gasteiger partial charge in [-0.15, -0.1) is 19.2 Å². The van der Waals surface area contributed by atoms with Crippen molar-refractivity contribution in [3.8, 4) is 0 Å². The molecule has 0 radical (unpaired) electrons. The van der Waals surface area contributed by atoms with Gasteiger partial charge in [0, 0.05) is 10.9 Å². The Bertz CT molecular complexity index is 270. The van der Waals surface area contributed by atoms with Crippen LogP contribution < -0.4 is 5.73 Å². The molecule has 2 heteroatoms. The van der Waals surface area contributed by atoms with E-state index in [0.717, 1.165) is 16.9 Å². The number of rotatable bonds is 3. The zero-order chi connectivity index (χ0) is 8.97. The molecule has 0 amide bonds. The van der Waals surface area contributed by atoms with E-state index in [2.05, 4.69) is 19.2 Å². The molecule has 0 aliphatic carbocycles. The predicted octanol–water partition coefficient (Wildman–Crippen LogP) is 2.55. The van der Waals surface area contributed by atoms with Crippen LogP contribution in [0.4, 0.5) is 0 Å². The fourth-order valence-corrected chi connectivity index (χ4v) is 1.43. The maximum absolute atomic E-state index is 5.89. The fourth-order valence-electron chi connectivity index (χ4n) is 1.11. The molecule has 1 atom stereocenters. The van der Waals surface area contributed by atoms with Crippen LogP contribution in [-0.2, 0) is 0 Å².